The molecule has 1 atom stereocenters. The van der Waals surface area contributed by atoms with Crippen molar-refractivity contribution in [2.24, 2.45) is 5.92 Å². The van der Waals surface area contributed by atoms with Gasteiger partial charge in [-0.3, -0.25) is 0 Å². The minimum absolute atomic E-state index is 0.00176. The average molecular weight is 171 g/mol. The summed E-state index contributed by atoms with van der Waals surface area (Å²) in [5.41, 5.74) is 0. The van der Waals surface area contributed by atoms with Crippen LogP contribution in [0.5, 0.6) is 0 Å². The summed E-state index contributed by atoms with van der Waals surface area (Å²) in [4.78, 5) is 12.7. The SMILES string of the molecule is CN(C)C(=O)NCC1CCNC1. The summed E-state index contributed by atoms with van der Waals surface area (Å²) in [6.07, 6.45) is 1.17. The van der Waals surface area contributed by atoms with E-state index in [1.165, 1.54) is 6.42 Å². The van der Waals surface area contributed by atoms with E-state index in [-0.39, 0.29) is 6.03 Å². The van der Waals surface area contributed by atoms with Gasteiger partial charge in [0, 0.05) is 20.6 Å². The molecule has 4 nitrogen and oxygen atoms in total. The van der Waals surface area contributed by atoms with Crippen LogP contribution < -0.4 is 10.6 Å². The van der Waals surface area contributed by atoms with E-state index in [0.717, 1.165) is 19.6 Å². The fourth-order valence-corrected chi connectivity index (χ4v) is 1.28. The van der Waals surface area contributed by atoms with Crippen LogP contribution in [0.15, 0.2) is 0 Å². The predicted octanol–water partition coefficient (Wildman–Crippen LogP) is -0.133. The molecule has 1 aliphatic rings. The van der Waals surface area contributed by atoms with Crippen molar-refractivity contribution in [2.75, 3.05) is 33.7 Å². The van der Waals surface area contributed by atoms with Crippen LogP contribution in [0.4, 0.5) is 4.79 Å². The van der Waals surface area contributed by atoms with Gasteiger partial charge in [-0.1, -0.05) is 0 Å². The summed E-state index contributed by atoms with van der Waals surface area (Å²) >= 11 is 0. The van der Waals surface area contributed by atoms with Crippen LogP contribution >= 0.6 is 0 Å². The van der Waals surface area contributed by atoms with Crippen LogP contribution in [-0.4, -0.2) is 44.7 Å². The van der Waals surface area contributed by atoms with Crippen LogP contribution in [0.1, 0.15) is 6.42 Å². The molecule has 0 radical (unpaired) electrons. The predicted molar refractivity (Wildman–Crippen MR) is 48.1 cm³/mol. The molecule has 1 fully saturated rings. The van der Waals surface area contributed by atoms with Gasteiger partial charge in [-0.15, -0.1) is 0 Å². The Kier molecular flexibility index (Phi) is 3.34. The van der Waals surface area contributed by atoms with E-state index >= 15 is 0 Å². The Morgan fingerprint density at radius 1 is 1.67 bits per heavy atom. The standard InChI is InChI=1S/C8H17N3O/c1-11(2)8(12)10-6-7-3-4-9-5-7/h7,9H,3-6H2,1-2H3,(H,10,12). The zero-order valence-electron chi connectivity index (χ0n) is 7.76. The van der Waals surface area contributed by atoms with Gasteiger partial charge in [0.2, 0.25) is 0 Å². The Morgan fingerprint density at radius 3 is 2.92 bits per heavy atom. The molecular weight excluding hydrogens is 154 g/mol. The van der Waals surface area contributed by atoms with Gasteiger partial charge in [0.15, 0.2) is 0 Å². The van der Waals surface area contributed by atoms with Crippen molar-refractivity contribution in [3.8, 4) is 0 Å². The maximum Gasteiger partial charge on any atom is 0.316 e. The number of amides is 2. The highest BCUT2D eigenvalue weighted by molar-refractivity contribution is 5.73. The smallest absolute Gasteiger partial charge is 0.316 e. The molecule has 1 aliphatic heterocycles. The first-order chi connectivity index (χ1) is 5.70. The van der Waals surface area contributed by atoms with Gasteiger partial charge < -0.3 is 15.5 Å². The summed E-state index contributed by atoms with van der Waals surface area (Å²) in [5, 5.41) is 6.13. The molecule has 0 spiro atoms. The van der Waals surface area contributed by atoms with Gasteiger partial charge in [-0.05, 0) is 25.4 Å². The molecule has 0 aromatic heterocycles. The lowest BCUT2D eigenvalue weighted by molar-refractivity contribution is 0.215. The second kappa shape index (κ2) is 4.30. The normalized spacial score (nSPS) is 22.3. The Balaban J connectivity index is 2.12. The fraction of sp³-hybridized carbons (Fsp3) is 0.875. The molecule has 0 aliphatic carbocycles. The van der Waals surface area contributed by atoms with Crippen LogP contribution in [0, 0.1) is 5.92 Å². The summed E-state index contributed by atoms with van der Waals surface area (Å²) in [5.74, 6) is 0.619. The molecule has 4 heteroatoms. The fourth-order valence-electron chi connectivity index (χ4n) is 1.28. The number of hydrogen-bond donors (Lipinski definition) is 2. The quantitative estimate of drug-likeness (QED) is 0.607. The van der Waals surface area contributed by atoms with Crippen molar-refractivity contribution in [1.29, 1.82) is 0 Å². The third-order valence-electron chi connectivity index (χ3n) is 2.11. The highest BCUT2D eigenvalue weighted by atomic mass is 16.2. The Morgan fingerprint density at radius 2 is 2.42 bits per heavy atom. The van der Waals surface area contributed by atoms with Crippen LogP contribution in [0.2, 0.25) is 0 Å². The molecule has 1 saturated heterocycles. The lowest BCUT2D eigenvalue weighted by Crippen LogP contribution is -2.37. The van der Waals surface area contributed by atoms with E-state index in [4.69, 9.17) is 0 Å². The van der Waals surface area contributed by atoms with Crippen molar-refractivity contribution in [1.82, 2.24) is 15.5 Å². The van der Waals surface area contributed by atoms with Gasteiger partial charge in [0.1, 0.15) is 0 Å². The van der Waals surface area contributed by atoms with E-state index < -0.39 is 0 Å². The summed E-state index contributed by atoms with van der Waals surface area (Å²) in [7, 11) is 3.50. The van der Waals surface area contributed by atoms with Crippen molar-refractivity contribution in [2.45, 2.75) is 6.42 Å². The second-order valence-electron chi connectivity index (χ2n) is 3.44. The Labute approximate surface area is 73.3 Å². The first-order valence-corrected chi connectivity index (χ1v) is 4.36. The first kappa shape index (κ1) is 9.32. The number of hydrogen-bond acceptors (Lipinski definition) is 2. The van der Waals surface area contributed by atoms with Crippen molar-refractivity contribution >= 4 is 6.03 Å². The van der Waals surface area contributed by atoms with Gasteiger partial charge in [-0.25, -0.2) is 4.79 Å². The van der Waals surface area contributed by atoms with E-state index in [2.05, 4.69) is 10.6 Å². The van der Waals surface area contributed by atoms with Gasteiger partial charge in [0.05, 0.1) is 0 Å². The largest absolute Gasteiger partial charge is 0.338 e. The second-order valence-corrected chi connectivity index (χ2v) is 3.44. The zero-order valence-corrected chi connectivity index (χ0v) is 7.76. The lowest BCUT2D eigenvalue weighted by Gasteiger charge is -2.14. The number of nitrogens with one attached hydrogen (secondary N) is 2. The number of carbonyl (C=O) groups excluding carboxylic acids is 1. The molecule has 2 amide bonds. The molecule has 0 aromatic rings. The summed E-state index contributed by atoms with van der Waals surface area (Å²) in [6.45, 7) is 2.92. The van der Waals surface area contributed by atoms with Crippen molar-refractivity contribution in [3.63, 3.8) is 0 Å². The van der Waals surface area contributed by atoms with Crippen LogP contribution in [-0.2, 0) is 0 Å². The molecule has 0 saturated carbocycles. The monoisotopic (exact) mass is 171 g/mol. The molecule has 12 heavy (non-hydrogen) atoms. The van der Waals surface area contributed by atoms with E-state index in [1.54, 1.807) is 19.0 Å². The summed E-state index contributed by atoms with van der Waals surface area (Å²) in [6, 6.07) is 0.00176. The van der Waals surface area contributed by atoms with Crippen LogP contribution in [0.25, 0.3) is 0 Å². The topological polar surface area (TPSA) is 44.4 Å². The summed E-state index contributed by atoms with van der Waals surface area (Å²) < 4.78 is 0. The highest BCUT2D eigenvalue weighted by Crippen LogP contribution is 2.04. The minimum Gasteiger partial charge on any atom is -0.338 e. The third kappa shape index (κ3) is 2.70. The Hall–Kier alpha value is -0.770. The molecule has 70 valence electrons. The average Bonchev–Trinajstić information content (AvgIpc) is 2.51. The number of rotatable bonds is 2. The highest BCUT2D eigenvalue weighted by Gasteiger charge is 2.15. The molecule has 1 heterocycles. The van der Waals surface area contributed by atoms with E-state index in [9.17, 15) is 4.79 Å². The maximum atomic E-state index is 11.1. The van der Waals surface area contributed by atoms with Crippen molar-refractivity contribution in [3.05, 3.63) is 0 Å². The van der Waals surface area contributed by atoms with Gasteiger partial charge in [0.25, 0.3) is 0 Å². The van der Waals surface area contributed by atoms with Gasteiger partial charge >= 0.3 is 6.03 Å². The third-order valence-corrected chi connectivity index (χ3v) is 2.11. The van der Waals surface area contributed by atoms with Crippen molar-refractivity contribution < 1.29 is 4.79 Å². The van der Waals surface area contributed by atoms with Gasteiger partial charge in [-0.2, -0.15) is 0 Å². The molecular formula is C8H17N3O. The minimum atomic E-state index is 0.00176. The lowest BCUT2D eigenvalue weighted by atomic mass is 10.1. The first-order valence-electron chi connectivity index (χ1n) is 4.36. The maximum absolute atomic E-state index is 11.1. The number of urea groups is 1. The van der Waals surface area contributed by atoms with E-state index in [0.29, 0.717) is 5.92 Å². The molecule has 0 aromatic carbocycles. The number of carbonyl (C=O) groups is 1. The number of nitrogens with zero attached hydrogens (tertiary/aromatic N) is 1. The zero-order chi connectivity index (χ0) is 8.97. The molecule has 0 bridgehead atoms. The van der Waals surface area contributed by atoms with Crippen LogP contribution in [0.3, 0.4) is 0 Å². The molecule has 1 rings (SSSR count). The molecule has 2 N–H and O–H groups in total. The van der Waals surface area contributed by atoms with E-state index in [1.807, 2.05) is 0 Å². The Bertz CT molecular complexity index is 152. The molecule has 1 unspecified atom stereocenters.